The Morgan fingerprint density at radius 2 is 2.05 bits per heavy atom. The van der Waals surface area contributed by atoms with Crippen molar-refractivity contribution >= 4 is 28.8 Å². The number of carbonyl (C=O) groups excluding carboxylic acids is 2. The molecule has 2 rings (SSSR count). The first-order valence-corrected chi connectivity index (χ1v) is 6.94. The van der Waals surface area contributed by atoms with E-state index in [1.54, 1.807) is 39.8 Å². The summed E-state index contributed by atoms with van der Waals surface area (Å²) in [6, 6.07) is 3.30. The lowest BCUT2D eigenvalue weighted by atomic mass is 10.2. The van der Waals surface area contributed by atoms with Gasteiger partial charge in [0, 0.05) is 5.39 Å². The molecule has 0 aliphatic carbocycles. The summed E-state index contributed by atoms with van der Waals surface area (Å²) in [5, 5.41) is 3.29. The molecule has 7 heteroatoms. The van der Waals surface area contributed by atoms with Gasteiger partial charge in [0.05, 0.1) is 18.3 Å². The normalized spacial score (nSPS) is 11.3. The molecule has 0 bridgehead atoms. The Labute approximate surface area is 128 Å². The fraction of sp³-hybridized carbons (Fsp3) is 0.400. The van der Waals surface area contributed by atoms with Gasteiger partial charge >= 0.3 is 12.1 Å². The van der Waals surface area contributed by atoms with Crippen LogP contribution in [0.1, 0.15) is 38.2 Å². The fourth-order valence-corrected chi connectivity index (χ4v) is 1.83. The zero-order valence-corrected chi connectivity index (χ0v) is 13.0. The lowest BCUT2D eigenvalue weighted by Crippen LogP contribution is -2.27. The summed E-state index contributed by atoms with van der Waals surface area (Å²) in [5.41, 5.74) is 0.435. The van der Waals surface area contributed by atoms with Gasteiger partial charge in [-0.1, -0.05) is 0 Å². The summed E-state index contributed by atoms with van der Waals surface area (Å²) in [6.45, 7) is 7.38. The van der Waals surface area contributed by atoms with E-state index < -0.39 is 17.7 Å². The van der Waals surface area contributed by atoms with Crippen LogP contribution in [0.25, 0.3) is 10.9 Å². The van der Waals surface area contributed by atoms with Crippen molar-refractivity contribution in [1.82, 2.24) is 9.97 Å². The Morgan fingerprint density at radius 1 is 1.32 bits per heavy atom. The maximum Gasteiger partial charge on any atom is 0.413 e. The number of fused-ring (bicyclic) bond motifs is 1. The van der Waals surface area contributed by atoms with Crippen LogP contribution in [0.15, 0.2) is 18.3 Å². The lowest BCUT2D eigenvalue weighted by molar-refractivity contribution is 0.0519. The number of rotatable bonds is 3. The van der Waals surface area contributed by atoms with Crippen molar-refractivity contribution in [3.05, 3.63) is 24.0 Å². The maximum absolute atomic E-state index is 11.7. The number of ether oxygens (including phenoxy) is 2. The largest absolute Gasteiger partial charge is 0.461 e. The second kappa shape index (κ2) is 6.05. The van der Waals surface area contributed by atoms with Gasteiger partial charge in [-0.15, -0.1) is 0 Å². The van der Waals surface area contributed by atoms with Crippen LogP contribution in [0, 0.1) is 0 Å². The highest BCUT2D eigenvalue weighted by atomic mass is 16.6. The molecule has 22 heavy (non-hydrogen) atoms. The van der Waals surface area contributed by atoms with Crippen molar-refractivity contribution in [2.45, 2.75) is 33.3 Å². The van der Waals surface area contributed by atoms with E-state index in [-0.39, 0.29) is 0 Å². The highest BCUT2D eigenvalue weighted by molar-refractivity contribution is 5.96. The molecule has 2 aromatic heterocycles. The molecule has 1 amide bonds. The molecule has 2 N–H and O–H groups in total. The summed E-state index contributed by atoms with van der Waals surface area (Å²) >= 11 is 0. The first kappa shape index (κ1) is 15.8. The number of amides is 1. The standard InChI is InChI=1S/C15H19N3O4/c1-5-21-13(19)10-6-9-7-12(16-8-11(9)17-10)18-14(20)22-15(2,3)4/h6-8,17H,5H2,1-4H3,(H,16,18,20). The number of aromatic nitrogens is 2. The molecular weight excluding hydrogens is 286 g/mol. The number of esters is 1. The summed E-state index contributed by atoms with van der Waals surface area (Å²) in [7, 11) is 0. The third-order valence-corrected chi connectivity index (χ3v) is 2.63. The molecular formula is C15H19N3O4. The Balaban J connectivity index is 2.16. The van der Waals surface area contributed by atoms with Gasteiger partial charge in [-0.3, -0.25) is 5.32 Å². The Kier molecular flexibility index (Phi) is 4.35. The predicted octanol–water partition coefficient (Wildman–Crippen LogP) is 3.09. The highest BCUT2D eigenvalue weighted by Crippen LogP contribution is 2.19. The zero-order valence-electron chi connectivity index (χ0n) is 13.0. The van der Waals surface area contributed by atoms with Crippen molar-refractivity contribution in [3.8, 4) is 0 Å². The summed E-state index contributed by atoms with van der Waals surface area (Å²) < 4.78 is 10.1. The maximum atomic E-state index is 11.7. The predicted molar refractivity (Wildman–Crippen MR) is 81.9 cm³/mol. The molecule has 0 fully saturated rings. The third kappa shape index (κ3) is 3.97. The van der Waals surface area contributed by atoms with Gasteiger partial charge in [-0.2, -0.15) is 0 Å². The number of H-pyrrole nitrogens is 1. The van der Waals surface area contributed by atoms with Crippen LogP contribution in [-0.4, -0.2) is 34.2 Å². The number of hydrogen-bond donors (Lipinski definition) is 2. The minimum atomic E-state index is -0.584. The lowest BCUT2D eigenvalue weighted by Gasteiger charge is -2.19. The van der Waals surface area contributed by atoms with Crippen LogP contribution in [0.2, 0.25) is 0 Å². The minimum Gasteiger partial charge on any atom is -0.461 e. The van der Waals surface area contributed by atoms with E-state index >= 15 is 0 Å². The van der Waals surface area contributed by atoms with Crippen molar-refractivity contribution in [1.29, 1.82) is 0 Å². The molecule has 118 valence electrons. The van der Waals surface area contributed by atoms with Crippen LogP contribution >= 0.6 is 0 Å². The first-order chi connectivity index (χ1) is 10.3. The van der Waals surface area contributed by atoms with Gasteiger partial charge in [0.2, 0.25) is 0 Å². The molecule has 2 aromatic rings. The van der Waals surface area contributed by atoms with Crippen LogP contribution in [-0.2, 0) is 9.47 Å². The van der Waals surface area contributed by atoms with E-state index in [1.165, 1.54) is 6.20 Å². The Hall–Kier alpha value is -2.57. The van der Waals surface area contributed by atoms with E-state index in [2.05, 4.69) is 15.3 Å². The van der Waals surface area contributed by atoms with Crippen LogP contribution < -0.4 is 5.32 Å². The molecule has 0 aliphatic heterocycles. The first-order valence-electron chi connectivity index (χ1n) is 6.94. The van der Waals surface area contributed by atoms with Gasteiger partial charge in [0.15, 0.2) is 0 Å². The minimum absolute atomic E-state index is 0.303. The third-order valence-electron chi connectivity index (χ3n) is 2.63. The topological polar surface area (TPSA) is 93.3 Å². The van der Waals surface area contributed by atoms with Crippen molar-refractivity contribution in [3.63, 3.8) is 0 Å². The van der Waals surface area contributed by atoms with Crippen LogP contribution in [0.5, 0.6) is 0 Å². The molecule has 0 saturated carbocycles. The molecule has 0 unspecified atom stereocenters. The monoisotopic (exact) mass is 305 g/mol. The molecule has 7 nitrogen and oxygen atoms in total. The smallest absolute Gasteiger partial charge is 0.413 e. The summed E-state index contributed by atoms with van der Waals surface area (Å²) in [4.78, 5) is 30.4. The number of anilines is 1. The van der Waals surface area contributed by atoms with E-state index in [4.69, 9.17) is 9.47 Å². The number of nitrogens with zero attached hydrogens (tertiary/aromatic N) is 1. The van der Waals surface area contributed by atoms with E-state index in [0.29, 0.717) is 23.6 Å². The molecule has 0 aromatic carbocycles. The van der Waals surface area contributed by atoms with E-state index in [9.17, 15) is 9.59 Å². The molecule has 0 atom stereocenters. The SMILES string of the molecule is CCOC(=O)c1cc2cc(NC(=O)OC(C)(C)C)ncc2[nH]1. The van der Waals surface area contributed by atoms with E-state index in [0.717, 1.165) is 5.39 Å². The van der Waals surface area contributed by atoms with E-state index in [1.807, 2.05) is 0 Å². The molecule has 0 radical (unpaired) electrons. The van der Waals surface area contributed by atoms with Crippen molar-refractivity contribution < 1.29 is 19.1 Å². The molecule has 0 spiro atoms. The quantitative estimate of drug-likeness (QED) is 0.850. The number of carbonyl (C=O) groups is 2. The number of hydrogen-bond acceptors (Lipinski definition) is 5. The number of aromatic amines is 1. The highest BCUT2D eigenvalue weighted by Gasteiger charge is 2.17. The van der Waals surface area contributed by atoms with Gasteiger partial charge in [-0.05, 0) is 39.8 Å². The fourth-order valence-electron chi connectivity index (χ4n) is 1.83. The molecule has 0 aliphatic rings. The van der Waals surface area contributed by atoms with Crippen molar-refractivity contribution in [2.75, 3.05) is 11.9 Å². The average Bonchev–Trinajstić information content (AvgIpc) is 2.79. The van der Waals surface area contributed by atoms with Gasteiger partial charge < -0.3 is 14.5 Å². The summed E-state index contributed by atoms with van der Waals surface area (Å²) in [5.74, 6) is -0.0866. The Morgan fingerprint density at radius 3 is 2.68 bits per heavy atom. The zero-order chi connectivity index (χ0) is 16.3. The summed E-state index contributed by atoms with van der Waals surface area (Å²) in [6.07, 6.45) is 0.950. The number of nitrogens with one attached hydrogen (secondary N) is 2. The Bertz CT molecular complexity index is 700. The van der Waals surface area contributed by atoms with Gasteiger partial charge in [-0.25, -0.2) is 14.6 Å². The average molecular weight is 305 g/mol. The van der Waals surface area contributed by atoms with Gasteiger partial charge in [0.1, 0.15) is 17.1 Å². The van der Waals surface area contributed by atoms with Crippen LogP contribution in [0.4, 0.5) is 10.6 Å². The molecule has 0 saturated heterocycles. The second-order valence-electron chi connectivity index (χ2n) is 5.69. The van der Waals surface area contributed by atoms with Crippen LogP contribution in [0.3, 0.4) is 0 Å². The molecule has 2 heterocycles. The number of pyridine rings is 1. The second-order valence-corrected chi connectivity index (χ2v) is 5.69. The van der Waals surface area contributed by atoms with Gasteiger partial charge in [0.25, 0.3) is 0 Å². The van der Waals surface area contributed by atoms with Crippen molar-refractivity contribution in [2.24, 2.45) is 0 Å².